The fraction of sp³-hybridized carbons (Fsp3) is 0.438. The largest absolute Gasteiger partial charge is 0.365 e. The molecule has 8 heteroatoms. The topological polar surface area (TPSA) is 92.9 Å². The third kappa shape index (κ3) is 2.75. The van der Waals surface area contributed by atoms with Gasteiger partial charge in [0.1, 0.15) is 22.8 Å². The normalized spacial score (nSPS) is 18.1. The van der Waals surface area contributed by atoms with Gasteiger partial charge in [-0.2, -0.15) is 4.98 Å². The van der Waals surface area contributed by atoms with E-state index >= 15 is 0 Å². The molecule has 0 saturated carbocycles. The summed E-state index contributed by atoms with van der Waals surface area (Å²) in [5, 5.41) is 8.42. The van der Waals surface area contributed by atoms with Gasteiger partial charge in [-0.3, -0.25) is 4.98 Å². The lowest BCUT2D eigenvalue weighted by Gasteiger charge is -2.34. The predicted molar refractivity (Wildman–Crippen MR) is 90.0 cm³/mol. The molecule has 1 saturated heterocycles. The Balaban J connectivity index is 1.58. The lowest BCUT2D eigenvalue weighted by molar-refractivity contribution is 0.442. The SMILES string of the molecule is Cc1nc(N[C@H]2CCCN(c3cnccn3)C2)c2c(C)noc2n1. The summed E-state index contributed by atoms with van der Waals surface area (Å²) in [5.41, 5.74) is 1.33. The molecule has 24 heavy (non-hydrogen) atoms. The van der Waals surface area contributed by atoms with Crippen LogP contribution in [0.4, 0.5) is 11.6 Å². The van der Waals surface area contributed by atoms with E-state index < -0.39 is 0 Å². The van der Waals surface area contributed by atoms with Crippen LogP contribution in [-0.2, 0) is 0 Å². The van der Waals surface area contributed by atoms with Crippen molar-refractivity contribution < 1.29 is 4.52 Å². The van der Waals surface area contributed by atoms with E-state index in [1.807, 2.05) is 13.8 Å². The van der Waals surface area contributed by atoms with Gasteiger partial charge in [0, 0.05) is 31.5 Å². The molecule has 8 nitrogen and oxygen atoms in total. The second-order valence-electron chi connectivity index (χ2n) is 6.06. The number of hydrogen-bond donors (Lipinski definition) is 1. The van der Waals surface area contributed by atoms with E-state index in [2.05, 4.69) is 35.3 Å². The third-order valence-corrected chi connectivity index (χ3v) is 4.25. The second-order valence-corrected chi connectivity index (χ2v) is 6.06. The van der Waals surface area contributed by atoms with E-state index in [1.54, 1.807) is 18.6 Å². The van der Waals surface area contributed by atoms with Gasteiger partial charge >= 0.3 is 0 Å². The molecule has 0 aromatic carbocycles. The van der Waals surface area contributed by atoms with Gasteiger partial charge in [-0.05, 0) is 26.7 Å². The van der Waals surface area contributed by atoms with Crippen molar-refractivity contribution >= 4 is 22.7 Å². The van der Waals surface area contributed by atoms with Crippen molar-refractivity contribution in [2.24, 2.45) is 0 Å². The highest BCUT2D eigenvalue weighted by atomic mass is 16.5. The lowest BCUT2D eigenvalue weighted by Crippen LogP contribution is -2.42. The van der Waals surface area contributed by atoms with Crippen LogP contribution in [0, 0.1) is 13.8 Å². The zero-order chi connectivity index (χ0) is 16.5. The summed E-state index contributed by atoms with van der Waals surface area (Å²) < 4.78 is 5.28. The fourth-order valence-electron chi connectivity index (χ4n) is 3.15. The van der Waals surface area contributed by atoms with Gasteiger partial charge in [0.2, 0.25) is 0 Å². The zero-order valence-corrected chi connectivity index (χ0v) is 13.7. The van der Waals surface area contributed by atoms with Gasteiger partial charge in [-0.1, -0.05) is 5.16 Å². The van der Waals surface area contributed by atoms with Gasteiger partial charge < -0.3 is 14.7 Å². The number of nitrogens with one attached hydrogen (secondary N) is 1. The standard InChI is InChI=1S/C16H19N7O/c1-10-14-15(19-11(2)20-16(14)24-22-10)21-12-4-3-7-23(9-12)13-8-17-5-6-18-13/h5-6,8,12H,3-4,7,9H2,1-2H3,(H,19,20,21)/t12-/m0/s1. The van der Waals surface area contributed by atoms with Crippen LogP contribution in [0.25, 0.3) is 11.1 Å². The summed E-state index contributed by atoms with van der Waals surface area (Å²) in [6, 6.07) is 0.271. The fourth-order valence-corrected chi connectivity index (χ4v) is 3.15. The van der Waals surface area contributed by atoms with Crippen LogP contribution in [0.5, 0.6) is 0 Å². The van der Waals surface area contributed by atoms with E-state index in [4.69, 9.17) is 4.52 Å². The first-order chi connectivity index (χ1) is 11.7. The number of piperidine rings is 1. The average molecular weight is 325 g/mol. The molecule has 1 aliphatic heterocycles. The summed E-state index contributed by atoms with van der Waals surface area (Å²) >= 11 is 0. The maximum Gasteiger partial charge on any atom is 0.263 e. The Hall–Kier alpha value is -2.77. The molecule has 0 spiro atoms. The quantitative estimate of drug-likeness (QED) is 0.782. The average Bonchev–Trinajstić information content (AvgIpc) is 2.97. The number of nitrogens with zero attached hydrogens (tertiary/aromatic N) is 6. The molecule has 0 aliphatic carbocycles. The van der Waals surface area contributed by atoms with Gasteiger partial charge in [0.25, 0.3) is 5.71 Å². The Morgan fingerprint density at radius 1 is 1.25 bits per heavy atom. The van der Waals surface area contributed by atoms with Crippen LogP contribution in [0.2, 0.25) is 0 Å². The van der Waals surface area contributed by atoms with E-state index in [9.17, 15) is 0 Å². The monoisotopic (exact) mass is 325 g/mol. The van der Waals surface area contributed by atoms with Gasteiger partial charge in [-0.15, -0.1) is 0 Å². The molecule has 1 atom stereocenters. The molecular weight excluding hydrogens is 306 g/mol. The first kappa shape index (κ1) is 14.8. The first-order valence-electron chi connectivity index (χ1n) is 8.09. The number of rotatable bonds is 3. The highest BCUT2D eigenvalue weighted by Crippen LogP contribution is 2.26. The molecule has 3 aromatic rings. The number of fused-ring (bicyclic) bond motifs is 1. The van der Waals surface area contributed by atoms with Gasteiger partial charge in [0.15, 0.2) is 0 Å². The van der Waals surface area contributed by atoms with E-state index in [-0.39, 0.29) is 6.04 Å². The van der Waals surface area contributed by atoms with Crippen molar-refractivity contribution in [1.29, 1.82) is 0 Å². The molecule has 0 radical (unpaired) electrons. The Morgan fingerprint density at radius 2 is 2.17 bits per heavy atom. The number of hydrogen-bond acceptors (Lipinski definition) is 8. The molecule has 0 amide bonds. The second kappa shape index (κ2) is 6.03. The highest BCUT2D eigenvalue weighted by Gasteiger charge is 2.23. The van der Waals surface area contributed by atoms with Crippen LogP contribution in [0.3, 0.4) is 0 Å². The molecule has 124 valence electrons. The van der Waals surface area contributed by atoms with Crippen molar-refractivity contribution in [2.45, 2.75) is 32.7 Å². The van der Waals surface area contributed by atoms with Crippen molar-refractivity contribution in [1.82, 2.24) is 25.1 Å². The van der Waals surface area contributed by atoms with Crippen molar-refractivity contribution in [2.75, 3.05) is 23.3 Å². The van der Waals surface area contributed by atoms with E-state index in [0.29, 0.717) is 11.5 Å². The smallest absolute Gasteiger partial charge is 0.263 e. The van der Waals surface area contributed by atoms with Crippen LogP contribution in [-0.4, -0.2) is 44.2 Å². The Bertz CT molecular complexity index is 848. The Kier molecular flexibility index (Phi) is 3.72. The summed E-state index contributed by atoms with van der Waals surface area (Å²) in [7, 11) is 0. The molecule has 0 bridgehead atoms. The minimum absolute atomic E-state index is 0.271. The minimum Gasteiger partial charge on any atom is -0.365 e. The Labute approximate surface area is 139 Å². The molecule has 1 fully saturated rings. The molecule has 1 aliphatic rings. The van der Waals surface area contributed by atoms with Crippen LogP contribution < -0.4 is 10.2 Å². The molecule has 3 aromatic heterocycles. The van der Waals surface area contributed by atoms with Crippen LogP contribution >= 0.6 is 0 Å². The highest BCUT2D eigenvalue weighted by molar-refractivity contribution is 5.87. The van der Waals surface area contributed by atoms with Crippen LogP contribution in [0.1, 0.15) is 24.4 Å². The zero-order valence-electron chi connectivity index (χ0n) is 13.7. The maximum absolute atomic E-state index is 5.28. The summed E-state index contributed by atoms with van der Waals surface area (Å²) in [5.74, 6) is 2.37. The first-order valence-corrected chi connectivity index (χ1v) is 8.09. The summed E-state index contributed by atoms with van der Waals surface area (Å²) in [6.45, 7) is 5.60. The molecular formula is C16H19N7O. The Morgan fingerprint density at radius 3 is 3.00 bits per heavy atom. The number of aromatic nitrogens is 5. The van der Waals surface area contributed by atoms with Crippen molar-refractivity contribution in [3.05, 3.63) is 30.1 Å². The molecule has 4 heterocycles. The molecule has 4 rings (SSSR count). The molecule has 1 N–H and O–H groups in total. The maximum atomic E-state index is 5.28. The van der Waals surface area contributed by atoms with Gasteiger partial charge in [0.05, 0.1) is 11.9 Å². The minimum atomic E-state index is 0.271. The lowest BCUT2D eigenvalue weighted by atomic mass is 10.1. The number of anilines is 2. The van der Waals surface area contributed by atoms with E-state index in [0.717, 1.165) is 48.6 Å². The van der Waals surface area contributed by atoms with E-state index in [1.165, 1.54) is 0 Å². The van der Waals surface area contributed by atoms with Crippen molar-refractivity contribution in [3.8, 4) is 0 Å². The van der Waals surface area contributed by atoms with Crippen molar-refractivity contribution in [3.63, 3.8) is 0 Å². The summed E-state index contributed by atoms with van der Waals surface area (Å²) in [4.78, 5) is 19.7. The number of aryl methyl sites for hydroxylation is 2. The summed E-state index contributed by atoms with van der Waals surface area (Å²) in [6.07, 6.45) is 7.39. The van der Waals surface area contributed by atoms with Gasteiger partial charge in [-0.25, -0.2) is 9.97 Å². The predicted octanol–water partition coefficient (Wildman–Crippen LogP) is 2.11. The molecule has 0 unspecified atom stereocenters. The third-order valence-electron chi connectivity index (χ3n) is 4.25. The van der Waals surface area contributed by atoms with Crippen LogP contribution in [0.15, 0.2) is 23.1 Å².